The summed E-state index contributed by atoms with van der Waals surface area (Å²) < 4.78 is 28.4. The first-order valence-corrected chi connectivity index (χ1v) is 6.60. The molecule has 6 heteroatoms. The molecule has 0 saturated heterocycles. The van der Waals surface area contributed by atoms with Crippen LogP contribution in [0.25, 0.3) is 0 Å². The number of carbonyl (C=O) groups excluding carboxylic acids is 1. The summed E-state index contributed by atoms with van der Waals surface area (Å²) in [6.07, 6.45) is -1.83. The number of nitrogens with one attached hydrogen (secondary N) is 2. The van der Waals surface area contributed by atoms with E-state index in [0.29, 0.717) is 13.0 Å². The number of rotatable bonds is 6. The molecule has 1 heterocycles. The monoisotopic (exact) mass is 284 g/mol. The Kier molecular flexibility index (Phi) is 5.43. The van der Waals surface area contributed by atoms with Crippen LogP contribution in [0.3, 0.4) is 0 Å². The van der Waals surface area contributed by atoms with E-state index < -0.39 is 13.0 Å². The molecule has 1 atom stereocenters. The number of benzene rings is 1. The number of hydrogen-bond donors (Lipinski definition) is 2. The van der Waals surface area contributed by atoms with E-state index >= 15 is 0 Å². The molecular weight excluding hydrogens is 266 g/mol. The first kappa shape index (κ1) is 14.9. The molecule has 0 aromatic heterocycles. The lowest BCUT2D eigenvalue weighted by Crippen LogP contribution is -2.48. The second kappa shape index (κ2) is 7.31. The third kappa shape index (κ3) is 4.25. The van der Waals surface area contributed by atoms with Gasteiger partial charge in [-0.2, -0.15) is 0 Å². The van der Waals surface area contributed by atoms with Gasteiger partial charge in [-0.05, 0) is 17.5 Å². The molecule has 0 saturated carbocycles. The second-order valence-electron chi connectivity index (χ2n) is 4.66. The maximum Gasteiger partial charge on any atom is 0.261 e. The van der Waals surface area contributed by atoms with Crippen molar-refractivity contribution < 1.29 is 18.3 Å². The molecular formula is C14H18F2N2O2. The zero-order valence-electron chi connectivity index (χ0n) is 11.1. The highest BCUT2D eigenvalue weighted by Crippen LogP contribution is 2.16. The average Bonchev–Trinajstić information content (AvgIpc) is 2.46. The number of alkyl halides is 2. The molecule has 20 heavy (non-hydrogen) atoms. The van der Waals surface area contributed by atoms with Crippen molar-refractivity contribution in [3.05, 3.63) is 35.4 Å². The van der Waals surface area contributed by atoms with Gasteiger partial charge in [-0.3, -0.25) is 4.79 Å². The minimum Gasteiger partial charge on any atom is -0.374 e. The van der Waals surface area contributed by atoms with Gasteiger partial charge in [0.05, 0.1) is 12.6 Å². The molecule has 2 rings (SSSR count). The Morgan fingerprint density at radius 2 is 2.15 bits per heavy atom. The number of hydrogen-bond acceptors (Lipinski definition) is 3. The van der Waals surface area contributed by atoms with E-state index in [-0.39, 0.29) is 25.1 Å². The van der Waals surface area contributed by atoms with Gasteiger partial charge in [0, 0.05) is 13.1 Å². The lowest BCUT2D eigenvalue weighted by Gasteiger charge is -2.25. The van der Waals surface area contributed by atoms with E-state index in [1.165, 1.54) is 11.1 Å². The van der Waals surface area contributed by atoms with Gasteiger partial charge in [-0.25, -0.2) is 8.78 Å². The number of fused-ring (bicyclic) bond motifs is 1. The average molecular weight is 284 g/mol. The van der Waals surface area contributed by atoms with Gasteiger partial charge in [0.15, 0.2) is 0 Å². The van der Waals surface area contributed by atoms with Crippen molar-refractivity contribution in [2.45, 2.75) is 25.4 Å². The Balaban J connectivity index is 1.72. The van der Waals surface area contributed by atoms with Crippen molar-refractivity contribution in [2.75, 3.05) is 19.8 Å². The van der Waals surface area contributed by atoms with Crippen LogP contribution in [0.5, 0.6) is 0 Å². The maximum atomic E-state index is 11.9. The summed E-state index contributed by atoms with van der Waals surface area (Å²) in [5.74, 6) is -0.125. The molecule has 0 aliphatic carbocycles. The van der Waals surface area contributed by atoms with Gasteiger partial charge in [0.2, 0.25) is 5.91 Å². The molecule has 0 radical (unpaired) electrons. The Morgan fingerprint density at radius 3 is 2.90 bits per heavy atom. The van der Waals surface area contributed by atoms with Crippen LogP contribution in [-0.4, -0.2) is 38.1 Å². The van der Waals surface area contributed by atoms with Crippen molar-refractivity contribution in [1.29, 1.82) is 0 Å². The van der Waals surface area contributed by atoms with Crippen molar-refractivity contribution in [3.63, 3.8) is 0 Å². The predicted octanol–water partition coefficient (Wildman–Crippen LogP) is 1.10. The van der Waals surface area contributed by atoms with Crippen molar-refractivity contribution >= 4 is 5.91 Å². The summed E-state index contributed by atoms with van der Waals surface area (Å²) in [7, 11) is 0. The third-order valence-electron chi connectivity index (χ3n) is 3.19. The first-order chi connectivity index (χ1) is 9.66. The van der Waals surface area contributed by atoms with E-state index in [1.54, 1.807) is 0 Å². The fourth-order valence-corrected chi connectivity index (χ4v) is 2.18. The van der Waals surface area contributed by atoms with Crippen LogP contribution in [0.1, 0.15) is 11.1 Å². The topological polar surface area (TPSA) is 50.4 Å². The quantitative estimate of drug-likeness (QED) is 0.769. The molecule has 0 bridgehead atoms. The van der Waals surface area contributed by atoms with Gasteiger partial charge >= 0.3 is 0 Å². The number of ether oxygens (including phenoxy) is 1. The standard InChI is InChI=1S/C14H18F2N2O2/c15-13(16)9-20-6-5-17-14(19)12-7-10-3-1-2-4-11(10)8-18-12/h1-4,12-13,18H,5-9H2,(H,17,19)/t12-/m0/s1. The third-order valence-corrected chi connectivity index (χ3v) is 3.19. The van der Waals surface area contributed by atoms with Crippen LogP contribution < -0.4 is 10.6 Å². The number of amides is 1. The molecule has 1 amide bonds. The van der Waals surface area contributed by atoms with Crippen LogP contribution in [-0.2, 0) is 22.5 Å². The lowest BCUT2D eigenvalue weighted by molar-refractivity contribution is -0.123. The van der Waals surface area contributed by atoms with Crippen molar-refractivity contribution in [3.8, 4) is 0 Å². The summed E-state index contributed by atoms with van der Waals surface area (Å²) in [5.41, 5.74) is 2.37. The highest BCUT2D eigenvalue weighted by atomic mass is 19.3. The minimum absolute atomic E-state index is 0.0966. The summed E-state index contributed by atoms with van der Waals surface area (Å²) >= 11 is 0. The molecule has 4 nitrogen and oxygen atoms in total. The Hall–Kier alpha value is -1.53. The normalized spacial score (nSPS) is 17.9. The van der Waals surface area contributed by atoms with Crippen LogP contribution in [0.4, 0.5) is 8.78 Å². The van der Waals surface area contributed by atoms with E-state index in [4.69, 9.17) is 4.74 Å². The van der Waals surface area contributed by atoms with Gasteiger partial charge in [0.25, 0.3) is 6.43 Å². The van der Waals surface area contributed by atoms with E-state index in [2.05, 4.69) is 10.6 Å². The van der Waals surface area contributed by atoms with Gasteiger partial charge in [0.1, 0.15) is 6.61 Å². The summed E-state index contributed by atoms with van der Waals surface area (Å²) in [5, 5.41) is 5.85. The Morgan fingerprint density at radius 1 is 1.40 bits per heavy atom. The SMILES string of the molecule is O=C(NCCOCC(F)F)[C@@H]1Cc2ccccc2CN1. The van der Waals surface area contributed by atoms with Crippen LogP contribution in [0.2, 0.25) is 0 Å². The van der Waals surface area contributed by atoms with Crippen LogP contribution >= 0.6 is 0 Å². The molecule has 0 spiro atoms. The molecule has 0 fully saturated rings. The summed E-state index contributed by atoms with van der Waals surface area (Å²) in [6, 6.07) is 7.70. The summed E-state index contributed by atoms with van der Waals surface area (Å²) in [4.78, 5) is 11.9. The van der Waals surface area contributed by atoms with E-state index in [0.717, 1.165) is 0 Å². The van der Waals surface area contributed by atoms with E-state index in [1.807, 2.05) is 24.3 Å². The highest BCUT2D eigenvalue weighted by Gasteiger charge is 2.23. The number of halogens is 2. The number of carbonyl (C=O) groups is 1. The predicted molar refractivity (Wildman–Crippen MR) is 70.6 cm³/mol. The second-order valence-corrected chi connectivity index (χ2v) is 4.66. The van der Waals surface area contributed by atoms with Crippen molar-refractivity contribution in [1.82, 2.24) is 10.6 Å². The summed E-state index contributed by atoms with van der Waals surface area (Å²) in [6.45, 7) is 0.409. The lowest BCUT2D eigenvalue weighted by atomic mass is 9.95. The fraction of sp³-hybridized carbons (Fsp3) is 0.500. The molecule has 110 valence electrons. The Bertz CT molecular complexity index is 455. The molecule has 1 aliphatic heterocycles. The minimum atomic E-state index is -2.47. The van der Waals surface area contributed by atoms with Gasteiger partial charge in [-0.15, -0.1) is 0 Å². The zero-order chi connectivity index (χ0) is 14.4. The van der Waals surface area contributed by atoms with Gasteiger partial charge < -0.3 is 15.4 Å². The molecule has 0 unspecified atom stereocenters. The van der Waals surface area contributed by atoms with Gasteiger partial charge in [-0.1, -0.05) is 24.3 Å². The smallest absolute Gasteiger partial charge is 0.261 e. The molecule has 2 N–H and O–H groups in total. The largest absolute Gasteiger partial charge is 0.374 e. The zero-order valence-corrected chi connectivity index (χ0v) is 11.1. The Labute approximate surface area is 116 Å². The fourth-order valence-electron chi connectivity index (χ4n) is 2.18. The highest BCUT2D eigenvalue weighted by molar-refractivity contribution is 5.82. The van der Waals surface area contributed by atoms with E-state index in [9.17, 15) is 13.6 Å². The van der Waals surface area contributed by atoms with Crippen LogP contribution in [0.15, 0.2) is 24.3 Å². The molecule has 1 aromatic rings. The first-order valence-electron chi connectivity index (χ1n) is 6.60. The molecule has 1 aliphatic rings. The maximum absolute atomic E-state index is 11.9. The van der Waals surface area contributed by atoms with Crippen molar-refractivity contribution in [2.24, 2.45) is 0 Å². The van der Waals surface area contributed by atoms with Crippen LogP contribution in [0, 0.1) is 0 Å². The molecule has 1 aromatic carbocycles.